The van der Waals surface area contributed by atoms with Gasteiger partial charge < -0.3 is 18.9 Å². The smallest absolute Gasteiger partial charge is 0.330 e. The lowest BCUT2D eigenvalue weighted by molar-refractivity contribution is -0.138. The maximum Gasteiger partial charge on any atom is 0.330 e. The molecule has 0 heterocycles. The van der Waals surface area contributed by atoms with Gasteiger partial charge in [0, 0.05) is 25.4 Å². The summed E-state index contributed by atoms with van der Waals surface area (Å²) in [5.41, 5.74) is 0. The molecule has 0 saturated heterocycles. The molecule has 3 fully saturated rings. The normalized spacial score (nSPS) is 28.5. The van der Waals surface area contributed by atoms with Gasteiger partial charge in [0.05, 0.1) is 25.4 Å². The van der Waals surface area contributed by atoms with Crippen molar-refractivity contribution in [2.75, 3.05) is 26.4 Å². The molecule has 3 aliphatic rings. The molecule has 0 aliphatic heterocycles. The molecule has 0 unspecified atom stereocenters. The molecule has 0 aromatic carbocycles. The second-order valence-corrected chi connectivity index (χ2v) is 12.4. The van der Waals surface area contributed by atoms with E-state index in [4.69, 9.17) is 18.9 Å². The standard InChI is InChI=1S/C36H56O6/c1-3-35(37)41-27-7-5-25-39-33-21-17-31(18-22-33)15-13-29-9-11-30(12-10-29)14-16-32-19-23-34(24-20-32)40-26-6-8-28-42-36(38)4-2/h3-4,13-16,29-34H,1-2,5-12,17-28H2. The van der Waals surface area contributed by atoms with Gasteiger partial charge in [-0.15, -0.1) is 0 Å². The summed E-state index contributed by atoms with van der Waals surface area (Å²) in [5.74, 6) is 2.23. The molecule has 42 heavy (non-hydrogen) atoms. The minimum absolute atomic E-state index is 0.348. The van der Waals surface area contributed by atoms with E-state index in [2.05, 4.69) is 37.5 Å². The van der Waals surface area contributed by atoms with Crippen LogP contribution in [0.3, 0.4) is 0 Å². The second kappa shape index (κ2) is 20.7. The van der Waals surface area contributed by atoms with Gasteiger partial charge in [-0.3, -0.25) is 0 Å². The van der Waals surface area contributed by atoms with Crippen LogP contribution in [-0.4, -0.2) is 50.6 Å². The lowest BCUT2D eigenvalue weighted by Crippen LogP contribution is -2.22. The molecule has 3 saturated carbocycles. The molecule has 0 aromatic heterocycles. The molecule has 6 heteroatoms. The molecular weight excluding hydrogens is 528 g/mol. The summed E-state index contributed by atoms with van der Waals surface area (Å²) in [6, 6.07) is 0. The molecule has 6 nitrogen and oxygen atoms in total. The van der Waals surface area contributed by atoms with Crippen LogP contribution in [0.15, 0.2) is 49.6 Å². The van der Waals surface area contributed by atoms with Crippen molar-refractivity contribution in [1.29, 1.82) is 0 Å². The number of hydrogen-bond donors (Lipinski definition) is 0. The highest BCUT2D eigenvalue weighted by molar-refractivity contribution is 5.81. The zero-order chi connectivity index (χ0) is 29.8. The lowest BCUT2D eigenvalue weighted by atomic mass is 9.79. The number of allylic oxidation sites excluding steroid dienone is 4. The Morgan fingerprint density at radius 3 is 1.07 bits per heavy atom. The first-order valence-electron chi connectivity index (χ1n) is 16.7. The number of rotatable bonds is 18. The third-order valence-corrected chi connectivity index (χ3v) is 9.17. The quantitative estimate of drug-likeness (QED) is 0.0702. The van der Waals surface area contributed by atoms with Gasteiger partial charge in [0.1, 0.15) is 0 Å². The van der Waals surface area contributed by atoms with Crippen LogP contribution in [-0.2, 0) is 28.5 Å². The van der Waals surface area contributed by atoms with E-state index in [-0.39, 0.29) is 11.9 Å². The van der Waals surface area contributed by atoms with Crippen LogP contribution in [0.2, 0.25) is 0 Å². The number of carbonyl (C=O) groups excluding carboxylic acids is 2. The van der Waals surface area contributed by atoms with Crippen molar-refractivity contribution in [3.63, 3.8) is 0 Å². The SMILES string of the molecule is C=CC(=O)OCCCCOC1CCC(C=CC2CCC(C=CC3CCC(OCCCCOC(=O)C=C)CC3)CC2)CC1. The molecule has 0 radical (unpaired) electrons. The molecule has 236 valence electrons. The summed E-state index contributed by atoms with van der Waals surface area (Å²) in [6.45, 7) is 9.21. The van der Waals surface area contributed by atoms with E-state index in [0.29, 0.717) is 37.3 Å². The Kier molecular flexibility index (Phi) is 16.9. The van der Waals surface area contributed by atoms with Crippen LogP contribution < -0.4 is 0 Å². The fraction of sp³-hybridized carbons (Fsp3) is 0.722. The predicted molar refractivity (Wildman–Crippen MR) is 168 cm³/mol. The fourth-order valence-corrected chi connectivity index (χ4v) is 6.43. The average Bonchev–Trinajstić information content (AvgIpc) is 3.03. The van der Waals surface area contributed by atoms with Crippen LogP contribution in [0.4, 0.5) is 0 Å². The summed E-state index contributed by atoms with van der Waals surface area (Å²) in [4.78, 5) is 22.1. The van der Waals surface area contributed by atoms with Crippen molar-refractivity contribution < 1.29 is 28.5 Å². The van der Waals surface area contributed by atoms with Gasteiger partial charge in [-0.2, -0.15) is 0 Å². The number of unbranched alkanes of at least 4 members (excludes halogenated alkanes) is 2. The van der Waals surface area contributed by atoms with Crippen molar-refractivity contribution >= 4 is 11.9 Å². The van der Waals surface area contributed by atoms with E-state index in [1.54, 1.807) is 0 Å². The van der Waals surface area contributed by atoms with Crippen LogP contribution in [0.5, 0.6) is 0 Å². The Morgan fingerprint density at radius 2 is 0.762 bits per heavy atom. The Labute approximate surface area is 255 Å². The molecule has 0 N–H and O–H groups in total. The maximum atomic E-state index is 11.0. The summed E-state index contributed by atoms with van der Waals surface area (Å²) >= 11 is 0. The molecule has 0 atom stereocenters. The summed E-state index contributed by atoms with van der Waals surface area (Å²) in [7, 11) is 0. The van der Waals surface area contributed by atoms with E-state index in [1.807, 2.05) is 0 Å². The van der Waals surface area contributed by atoms with Crippen LogP contribution in [0.25, 0.3) is 0 Å². The van der Waals surface area contributed by atoms with Crippen molar-refractivity contribution in [2.24, 2.45) is 23.7 Å². The number of esters is 2. The monoisotopic (exact) mass is 584 g/mol. The van der Waals surface area contributed by atoms with Crippen LogP contribution >= 0.6 is 0 Å². The third-order valence-electron chi connectivity index (χ3n) is 9.17. The highest BCUT2D eigenvalue weighted by Gasteiger charge is 2.23. The number of carbonyl (C=O) groups is 2. The predicted octanol–water partition coefficient (Wildman–Crippen LogP) is 8.07. The molecule has 0 spiro atoms. The largest absolute Gasteiger partial charge is 0.463 e. The van der Waals surface area contributed by atoms with E-state index in [0.717, 1.165) is 76.4 Å². The second-order valence-electron chi connectivity index (χ2n) is 12.4. The minimum atomic E-state index is -0.348. The first-order valence-corrected chi connectivity index (χ1v) is 16.7. The fourth-order valence-electron chi connectivity index (χ4n) is 6.43. The maximum absolute atomic E-state index is 11.0. The number of ether oxygens (including phenoxy) is 4. The highest BCUT2D eigenvalue weighted by atomic mass is 16.5. The summed E-state index contributed by atoms with van der Waals surface area (Å²) in [6.07, 6.45) is 31.7. The zero-order valence-electron chi connectivity index (χ0n) is 25.9. The Hall–Kier alpha value is -2.18. The van der Waals surface area contributed by atoms with Crippen LogP contribution in [0, 0.1) is 23.7 Å². The first-order chi connectivity index (χ1) is 20.6. The summed E-state index contributed by atoms with van der Waals surface area (Å²) in [5, 5.41) is 0. The Balaban J connectivity index is 1.17. The third kappa shape index (κ3) is 14.3. The Bertz CT molecular complexity index is 769. The van der Waals surface area contributed by atoms with Gasteiger partial charge >= 0.3 is 11.9 Å². The van der Waals surface area contributed by atoms with Gasteiger partial charge in [0.25, 0.3) is 0 Å². The Morgan fingerprint density at radius 1 is 0.476 bits per heavy atom. The summed E-state index contributed by atoms with van der Waals surface area (Å²) < 4.78 is 22.1. The van der Waals surface area contributed by atoms with E-state index in [9.17, 15) is 9.59 Å². The van der Waals surface area contributed by atoms with Gasteiger partial charge in [-0.1, -0.05) is 37.5 Å². The molecule has 0 amide bonds. The average molecular weight is 585 g/mol. The molecule has 3 aliphatic carbocycles. The van der Waals surface area contributed by atoms with Crippen molar-refractivity contribution in [1.82, 2.24) is 0 Å². The van der Waals surface area contributed by atoms with Gasteiger partial charge in [-0.25, -0.2) is 9.59 Å². The zero-order valence-corrected chi connectivity index (χ0v) is 25.9. The molecular formula is C36H56O6. The van der Waals surface area contributed by atoms with Gasteiger partial charge in [0.2, 0.25) is 0 Å². The van der Waals surface area contributed by atoms with E-state index >= 15 is 0 Å². The highest BCUT2D eigenvalue weighted by Crippen LogP contribution is 2.34. The first kappa shape index (κ1) is 34.3. The van der Waals surface area contributed by atoms with Crippen molar-refractivity contribution in [3.8, 4) is 0 Å². The van der Waals surface area contributed by atoms with Crippen molar-refractivity contribution in [2.45, 2.75) is 115 Å². The van der Waals surface area contributed by atoms with E-state index < -0.39 is 0 Å². The molecule has 0 bridgehead atoms. The molecule has 3 rings (SSSR count). The van der Waals surface area contributed by atoms with Gasteiger partial charge in [-0.05, 0) is 126 Å². The van der Waals surface area contributed by atoms with Crippen molar-refractivity contribution in [3.05, 3.63) is 49.6 Å². The lowest BCUT2D eigenvalue weighted by Gasteiger charge is -2.29. The topological polar surface area (TPSA) is 71.1 Å². The number of hydrogen-bond acceptors (Lipinski definition) is 6. The van der Waals surface area contributed by atoms with Gasteiger partial charge in [0.15, 0.2) is 0 Å². The van der Waals surface area contributed by atoms with Crippen LogP contribution in [0.1, 0.15) is 103 Å². The minimum Gasteiger partial charge on any atom is -0.463 e. The molecule has 0 aromatic rings. The van der Waals surface area contributed by atoms with E-state index in [1.165, 1.54) is 63.5 Å².